The molecule has 15 heavy (non-hydrogen) atoms. The Labute approximate surface area is 93.9 Å². The van der Waals surface area contributed by atoms with Crippen molar-refractivity contribution in [3.8, 4) is 0 Å². The number of thiophene rings is 1. The van der Waals surface area contributed by atoms with E-state index in [4.69, 9.17) is 0 Å². The zero-order chi connectivity index (χ0) is 10.3. The minimum Gasteiger partial charge on any atom is -0.342 e. The Morgan fingerprint density at radius 1 is 1.40 bits per heavy atom. The van der Waals surface area contributed by atoms with Crippen molar-refractivity contribution >= 4 is 17.2 Å². The van der Waals surface area contributed by atoms with Crippen LogP contribution >= 0.6 is 11.3 Å². The van der Waals surface area contributed by atoms with Crippen molar-refractivity contribution in [1.82, 2.24) is 4.90 Å². The molecule has 0 bridgehead atoms. The first-order chi connectivity index (χ1) is 7.34. The van der Waals surface area contributed by atoms with Gasteiger partial charge in [-0.3, -0.25) is 4.79 Å². The standard InChI is InChI=1S/C12H15NOS/c14-12(9-3-4-9)13-6-5-10(8-13)11-2-1-7-15-11/h1-2,7,9-10H,3-6,8H2. The van der Waals surface area contributed by atoms with E-state index in [1.165, 1.54) is 4.88 Å². The van der Waals surface area contributed by atoms with Gasteiger partial charge in [0.25, 0.3) is 0 Å². The van der Waals surface area contributed by atoms with Crippen molar-refractivity contribution in [2.75, 3.05) is 13.1 Å². The lowest BCUT2D eigenvalue weighted by Gasteiger charge is -2.15. The SMILES string of the molecule is O=C(C1CC1)N1CCC(c2cccs2)C1. The van der Waals surface area contributed by atoms with E-state index in [0.29, 0.717) is 17.7 Å². The smallest absolute Gasteiger partial charge is 0.225 e. The molecule has 1 aromatic heterocycles. The first-order valence-electron chi connectivity index (χ1n) is 5.67. The van der Waals surface area contributed by atoms with Gasteiger partial charge in [-0.1, -0.05) is 6.07 Å². The molecule has 2 heterocycles. The molecule has 1 saturated heterocycles. The highest BCUT2D eigenvalue weighted by molar-refractivity contribution is 7.10. The van der Waals surface area contributed by atoms with Crippen LogP contribution in [0.5, 0.6) is 0 Å². The average molecular weight is 221 g/mol. The van der Waals surface area contributed by atoms with E-state index in [0.717, 1.165) is 32.4 Å². The Hall–Kier alpha value is -0.830. The van der Waals surface area contributed by atoms with Crippen LogP contribution in [0.15, 0.2) is 17.5 Å². The van der Waals surface area contributed by atoms with E-state index >= 15 is 0 Å². The molecule has 0 N–H and O–H groups in total. The second kappa shape index (κ2) is 3.63. The van der Waals surface area contributed by atoms with Gasteiger partial charge < -0.3 is 4.90 Å². The van der Waals surface area contributed by atoms with Gasteiger partial charge >= 0.3 is 0 Å². The zero-order valence-corrected chi connectivity index (χ0v) is 9.50. The van der Waals surface area contributed by atoms with Gasteiger partial charge in [0.05, 0.1) is 0 Å². The maximum absolute atomic E-state index is 11.9. The molecule has 2 fully saturated rings. The third-order valence-corrected chi connectivity index (χ3v) is 4.41. The van der Waals surface area contributed by atoms with Crippen LogP contribution < -0.4 is 0 Å². The second-order valence-electron chi connectivity index (χ2n) is 4.56. The maximum atomic E-state index is 11.9. The van der Waals surface area contributed by atoms with Crippen LogP contribution in [0.25, 0.3) is 0 Å². The highest BCUT2D eigenvalue weighted by Gasteiger charge is 2.36. The van der Waals surface area contributed by atoms with E-state index in [1.807, 2.05) is 11.3 Å². The molecule has 3 rings (SSSR count). The molecule has 1 atom stereocenters. The van der Waals surface area contributed by atoms with Crippen LogP contribution in [0.4, 0.5) is 0 Å². The van der Waals surface area contributed by atoms with Crippen LogP contribution in [-0.4, -0.2) is 23.9 Å². The Morgan fingerprint density at radius 3 is 2.93 bits per heavy atom. The summed E-state index contributed by atoms with van der Waals surface area (Å²) in [4.78, 5) is 15.4. The maximum Gasteiger partial charge on any atom is 0.225 e. The van der Waals surface area contributed by atoms with Crippen molar-refractivity contribution < 1.29 is 4.79 Å². The fourth-order valence-corrected chi connectivity index (χ4v) is 3.16. The number of hydrogen-bond acceptors (Lipinski definition) is 2. The van der Waals surface area contributed by atoms with E-state index in [2.05, 4.69) is 22.4 Å². The molecule has 80 valence electrons. The summed E-state index contributed by atoms with van der Waals surface area (Å²) in [6.07, 6.45) is 3.40. The summed E-state index contributed by atoms with van der Waals surface area (Å²) >= 11 is 1.82. The topological polar surface area (TPSA) is 20.3 Å². The van der Waals surface area contributed by atoms with Crippen molar-refractivity contribution in [2.45, 2.75) is 25.2 Å². The van der Waals surface area contributed by atoms with Crippen molar-refractivity contribution in [3.05, 3.63) is 22.4 Å². The van der Waals surface area contributed by atoms with Gasteiger partial charge in [-0.05, 0) is 30.7 Å². The Bertz CT molecular complexity index is 356. The summed E-state index contributed by atoms with van der Waals surface area (Å²) in [6.45, 7) is 1.92. The van der Waals surface area contributed by atoms with Crippen LogP contribution in [0.1, 0.15) is 30.1 Å². The molecular formula is C12H15NOS. The summed E-state index contributed by atoms with van der Waals surface area (Å²) in [5, 5.41) is 2.13. The molecule has 1 aromatic rings. The van der Waals surface area contributed by atoms with Crippen LogP contribution in [-0.2, 0) is 4.79 Å². The van der Waals surface area contributed by atoms with Gasteiger partial charge in [0.15, 0.2) is 0 Å². The number of amides is 1. The second-order valence-corrected chi connectivity index (χ2v) is 5.54. The molecule has 1 amide bonds. The van der Waals surface area contributed by atoms with Crippen LogP contribution in [0.3, 0.4) is 0 Å². The first-order valence-corrected chi connectivity index (χ1v) is 6.55. The van der Waals surface area contributed by atoms with Gasteiger partial charge in [-0.2, -0.15) is 0 Å². The molecule has 0 radical (unpaired) electrons. The molecule has 0 aromatic carbocycles. The fraction of sp³-hybridized carbons (Fsp3) is 0.583. The lowest BCUT2D eigenvalue weighted by Crippen LogP contribution is -2.29. The van der Waals surface area contributed by atoms with E-state index < -0.39 is 0 Å². The van der Waals surface area contributed by atoms with Crippen LogP contribution in [0, 0.1) is 5.92 Å². The predicted molar refractivity (Wildman–Crippen MR) is 61.0 cm³/mol. The zero-order valence-electron chi connectivity index (χ0n) is 8.69. The minimum absolute atomic E-state index is 0.382. The molecule has 2 nitrogen and oxygen atoms in total. The van der Waals surface area contributed by atoms with Crippen molar-refractivity contribution in [2.24, 2.45) is 5.92 Å². The van der Waals surface area contributed by atoms with E-state index in [9.17, 15) is 4.79 Å². The summed E-state index contributed by atoms with van der Waals surface area (Å²) in [5.74, 6) is 1.40. The summed E-state index contributed by atoms with van der Waals surface area (Å²) < 4.78 is 0. The Kier molecular flexibility index (Phi) is 2.28. The summed E-state index contributed by atoms with van der Waals surface area (Å²) in [7, 11) is 0. The number of nitrogens with zero attached hydrogens (tertiary/aromatic N) is 1. The van der Waals surface area contributed by atoms with Gasteiger partial charge in [-0.25, -0.2) is 0 Å². The Morgan fingerprint density at radius 2 is 2.27 bits per heavy atom. The molecule has 1 saturated carbocycles. The predicted octanol–water partition coefficient (Wildman–Crippen LogP) is 2.47. The normalized spacial score (nSPS) is 25.9. The minimum atomic E-state index is 0.382. The number of hydrogen-bond donors (Lipinski definition) is 0. The lowest BCUT2D eigenvalue weighted by molar-refractivity contribution is -0.131. The van der Waals surface area contributed by atoms with Gasteiger partial charge in [0.2, 0.25) is 5.91 Å². The number of likely N-dealkylation sites (tertiary alicyclic amines) is 1. The van der Waals surface area contributed by atoms with Crippen LogP contribution in [0.2, 0.25) is 0 Å². The van der Waals surface area contributed by atoms with Crippen molar-refractivity contribution in [1.29, 1.82) is 0 Å². The quantitative estimate of drug-likeness (QED) is 0.751. The average Bonchev–Trinajstić information content (AvgIpc) is 2.80. The summed E-state index contributed by atoms with van der Waals surface area (Å²) in [5.41, 5.74) is 0. The van der Waals surface area contributed by atoms with Gasteiger partial charge in [-0.15, -0.1) is 11.3 Å². The molecule has 2 aliphatic rings. The highest BCUT2D eigenvalue weighted by atomic mass is 32.1. The van der Waals surface area contributed by atoms with Gasteiger partial charge in [0, 0.05) is 29.8 Å². The molecule has 0 spiro atoms. The molecule has 1 unspecified atom stereocenters. The number of carbonyl (C=O) groups is 1. The van der Waals surface area contributed by atoms with E-state index in [1.54, 1.807) is 0 Å². The monoisotopic (exact) mass is 221 g/mol. The van der Waals surface area contributed by atoms with E-state index in [-0.39, 0.29) is 0 Å². The van der Waals surface area contributed by atoms with Gasteiger partial charge in [0.1, 0.15) is 0 Å². The third kappa shape index (κ3) is 1.81. The highest BCUT2D eigenvalue weighted by Crippen LogP contribution is 2.35. The molecular weight excluding hydrogens is 206 g/mol. The van der Waals surface area contributed by atoms with Crippen molar-refractivity contribution in [3.63, 3.8) is 0 Å². The Balaban J connectivity index is 1.65. The summed E-state index contributed by atoms with van der Waals surface area (Å²) in [6, 6.07) is 4.30. The molecule has 1 aliphatic carbocycles. The first kappa shape index (κ1) is 9.40. The lowest BCUT2D eigenvalue weighted by atomic mass is 10.1. The number of rotatable bonds is 2. The third-order valence-electron chi connectivity index (χ3n) is 3.37. The molecule has 3 heteroatoms. The number of carbonyl (C=O) groups excluding carboxylic acids is 1. The largest absolute Gasteiger partial charge is 0.342 e. The molecule has 1 aliphatic heterocycles. The fourth-order valence-electron chi connectivity index (χ4n) is 2.30.